The third kappa shape index (κ3) is 10.0. The number of esters is 3. The van der Waals surface area contributed by atoms with Crippen LogP contribution in [0.3, 0.4) is 0 Å². The van der Waals surface area contributed by atoms with Crippen LogP contribution in [-0.2, 0) is 23.7 Å². The summed E-state index contributed by atoms with van der Waals surface area (Å²) in [5, 5.41) is 1.46. The maximum Gasteiger partial charge on any atom is 0.410 e. The number of benzene rings is 3. The second-order valence-corrected chi connectivity index (χ2v) is 10.3. The Morgan fingerprint density at radius 2 is 1.15 bits per heavy atom. The molecule has 3 rings (SSSR count). The highest BCUT2D eigenvalue weighted by Crippen LogP contribution is 2.31. The summed E-state index contributed by atoms with van der Waals surface area (Å²) in [5.74, 6) is -2.12. The molecule has 3 aromatic carbocycles. The standard InChI is InChI=1S/C29H27NO10S/c1-29(2,41-28(35)39-19-37-25(32)21-14-8-4-9-15-21)23(26(33)40-22-16-10-5-11-17-22)30-27(34)38-18-36-24(31)20-12-6-3-7-13-20/h3-17,23H,18-19H2,1-2H3,(H,30,34)/t23-/m0/s1. The van der Waals surface area contributed by atoms with Gasteiger partial charge in [-0.25, -0.2) is 24.0 Å². The molecule has 1 N–H and O–H groups in total. The van der Waals surface area contributed by atoms with Crippen LogP contribution < -0.4 is 10.1 Å². The maximum atomic E-state index is 13.1. The summed E-state index contributed by atoms with van der Waals surface area (Å²) in [5.41, 5.74) is 0.531. The lowest BCUT2D eigenvalue weighted by Crippen LogP contribution is -2.54. The molecule has 0 aliphatic carbocycles. The van der Waals surface area contributed by atoms with Crippen LogP contribution in [0.4, 0.5) is 9.59 Å². The maximum absolute atomic E-state index is 13.1. The minimum absolute atomic E-state index is 0.200. The second-order valence-electron chi connectivity index (χ2n) is 8.67. The van der Waals surface area contributed by atoms with E-state index in [-0.39, 0.29) is 16.9 Å². The molecule has 0 aliphatic rings. The first-order valence-corrected chi connectivity index (χ1v) is 13.0. The van der Waals surface area contributed by atoms with Crippen LogP contribution in [0.15, 0.2) is 91.0 Å². The number of hydrogen-bond acceptors (Lipinski definition) is 11. The lowest BCUT2D eigenvalue weighted by atomic mass is 10.0. The highest BCUT2D eigenvalue weighted by molar-refractivity contribution is 8.14. The lowest BCUT2D eigenvalue weighted by Gasteiger charge is -2.31. The van der Waals surface area contributed by atoms with E-state index in [2.05, 4.69) is 5.32 Å². The van der Waals surface area contributed by atoms with E-state index in [9.17, 15) is 24.0 Å². The van der Waals surface area contributed by atoms with Crippen molar-refractivity contribution in [2.75, 3.05) is 13.6 Å². The van der Waals surface area contributed by atoms with Crippen molar-refractivity contribution in [3.05, 3.63) is 102 Å². The number of carbonyl (C=O) groups excluding carboxylic acids is 5. The van der Waals surface area contributed by atoms with Crippen LogP contribution in [0.25, 0.3) is 0 Å². The van der Waals surface area contributed by atoms with Gasteiger partial charge in [-0.1, -0.05) is 54.6 Å². The Kier molecular flexibility index (Phi) is 11.3. The summed E-state index contributed by atoms with van der Waals surface area (Å²) in [6.07, 6.45) is -1.11. The van der Waals surface area contributed by atoms with Crippen LogP contribution >= 0.6 is 11.8 Å². The molecule has 0 saturated heterocycles. The van der Waals surface area contributed by atoms with Crippen molar-refractivity contribution in [1.29, 1.82) is 0 Å². The average Bonchev–Trinajstić information content (AvgIpc) is 2.96. The van der Waals surface area contributed by atoms with Crippen LogP contribution in [0, 0.1) is 0 Å². The molecule has 0 unspecified atom stereocenters. The molecule has 0 fully saturated rings. The Bertz CT molecular complexity index is 1330. The van der Waals surface area contributed by atoms with Gasteiger partial charge in [0.15, 0.2) is 0 Å². The van der Waals surface area contributed by atoms with Gasteiger partial charge in [0.1, 0.15) is 11.8 Å². The number of thioether (sulfide) groups is 1. The molecule has 0 saturated carbocycles. The van der Waals surface area contributed by atoms with Crippen molar-refractivity contribution in [3.63, 3.8) is 0 Å². The van der Waals surface area contributed by atoms with Gasteiger partial charge in [-0.05, 0) is 62.0 Å². The highest BCUT2D eigenvalue weighted by Gasteiger charge is 2.41. The number of alkyl carbamates (subject to hydrolysis) is 1. The van der Waals surface area contributed by atoms with E-state index in [1.165, 1.54) is 38.1 Å². The van der Waals surface area contributed by atoms with Gasteiger partial charge in [0.25, 0.3) is 0 Å². The predicted octanol–water partition coefficient (Wildman–Crippen LogP) is 4.96. The van der Waals surface area contributed by atoms with Gasteiger partial charge in [0.2, 0.25) is 13.6 Å². The molecule has 1 atom stereocenters. The van der Waals surface area contributed by atoms with Crippen molar-refractivity contribution in [2.24, 2.45) is 0 Å². The molecule has 0 aromatic heterocycles. The number of rotatable bonds is 11. The topological polar surface area (TPSA) is 144 Å². The van der Waals surface area contributed by atoms with Gasteiger partial charge in [0.05, 0.1) is 15.9 Å². The summed E-state index contributed by atoms with van der Waals surface area (Å²) in [6.45, 7) is 1.57. The molecule has 12 heteroatoms. The van der Waals surface area contributed by atoms with Crippen molar-refractivity contribution in [2.45, 2.75) is 24.6 Å². The molecule has 1 amide bonds. The van der Waals surface area contributed by atoms with E-state index in [0.29, 0.717) is 11.8 Å². The third-order valence-corrected chi connectivity index (χ3v) is 6.31. The average molecular weight is 582 g/mol. The molecule has 0 heterocycles. The summed E-state index contributed by atoms with van der Waals surface area (Å²) in [6, 6.07) is 22.8. The smallest absolute Gasteiger partial charge is 0.410 e. The molecule has 214 valence electrons. The number of carbonyl (C=O) groups is 5. The Labute approximate surface area is 240 Å². The zero-order chi connectivity index (χ0) is 29.7. The van der Waals surface area contributed by atoms with E-state index in [4.69, 9.17) is 23.7 Å². The first-order valence-electron chi connectivity index (χ1n) is 12.2. The molecule has 0 radical (unpaired) electrons. The normalized spacial score (nSPS) is 11.4. The third-order valence-electron chi connectivity index (χ3n) is 5.27. The molecule has 11 nitrogen and oxygen atoms in total. The molecule has 0 bridgehead atoms. The van der Waals surface area contributed by atoms with E-state index in [1.807, 2.05) is 0 Å². The van der Waals surface area contributed by atoms with E-state index >= 15 is 0 Å². The fourth-order valence-electron chi connectivity index (χ4n) is 3.23. The Hall–Kier alpha value is -4.84. The number of nitrogens with one attached hydrogen (secondary N) is 1. The first-order chi connectivity index (χ1) is 19.7. The van der Waals surface area contributed by atoms with Crippen molar-refractivity contribution in [1.82, 2.24) is 5.32 Å². The first kappa shape index (κ1) is 30.7. The number of amides is 1. The minimum atomic E-state index is -1.44. The molecule has 0 spiro atoms. The van der Waals surface area contributed by atoms with Gasteiger partial charge < -0.3 is 29.0 Å². The fraction of sp³-hybridized carbons (Fsp3) is 0.207. The minimum Gasteiger partial charge on any atom is -0.425 e. The monoisotopic (exact) mass is 581 g/mol. The largest absolute Gasteiger partial charge is 0.425 e. The Balaban J connectivity index is 1.59. The van der Waals surface area contributed by atoms with Crippen molar-refractivity contribution >= 4 is 41.1 Å². The molecule has 3 aromatic rings. The molecule has 41 heavy (non-hydrogen) atoms. The summed E-state index contributed by atoms with van der Waals surface area (Å²) >= 11 is 0.555. The summed E-state index contributed by atoms with van der Waals surface area (Å²) in [4.78, 5) is 62.2. The number of ether oxygens (including phenoxy) is 5. The summed E-state index contributed by atoms with van der Waals surface area (Å²) < 4.78 is 23.8. The van der Waals surface area contributed by atoms with Crippen LogP contribution in [-0.4, -0.2) is 53.7 Å². The zero-order valence-corrected chi connectivity index (χ0v) is 23.0. The van der Waals surface area contributed by atoms with Crippen LogP contribution in [0.2, 0.25) is 0 Å². The SMILES string of the molecule is CC(C)(SC(=O)OCOC(=O)c1ccccc1)[C@@H](NC(=O)OCOC(=O)c1ccccc1)C(=O)Oc1ccccc1. The fourth-order valence-corrected chi connectivity index (χ4v) is 4.04. The van der Waals surface area contributed by atoms with E-state index < -0.39 is 53.7 Å². The van der Waals surface area contributed by atoms with Gasteiger partial charge in [-0.2, -0.15) is 0 Å². The highest BCUT2D eigenvalue weighted by atomic mass is 32.2. The van der Waals surface area contributed by atoms with Gasteiger partial charge in [-0.3, -0.25) is 0 Å². The van der Waals surface area contributed by atoms with Crippen LogP contribution in [0.5, 0.6) is 5.75 Å². The molecule has 0 aliphatic heterocycles. The molecular weight excluding hydrogens is 554 g/mol. The van der Waals surface area contributed by atoms with Gasteiger partial charge in [0, 0.05) is 0 Å². The van der Waals surface area contributed by atoms with Crippen LogP contribution in [0.1, 0.15) is 34.6 Å². The van der Waals surface area contributed by atoms with Gasteiger partial charge >= 0.3 is 29.3 Å². The quantitative estimate of drug-likeness (QED) is 0.186. The zero-order valence-electron chi connectivity index (χ0n) is 22.1. The Morgan fingerprint density at radius 1 is 0.683 bits per heavy atom. The van der Waals surface area contributed by atoms with Crippen molar-refractivity contribution in [3.8, 4) is 5.75 Å². The van der Waals surface area contributed by atoms with Gasteiger partial charge in [-0.15, -0.1) is 0 Å². The van der Waals surface area contributed by atoms with Crippen molar-refractivity contribution < 1.29 is 47.7 Å². The predicted molar refractivity (Wildman–Crippen MR) is 147 cm³/mol. The number of para-hydroxylation sites is 1. The van der Waals surface area contributed by atoms with E-state index in [0.717, 1.165) is 0 Å². The lowest BCUT2D eigenvalue weighted by molar-refractivity contribution is -0.137. The molecular formula is C29H27NO10S. The second kappa shape index (κ2) is 15.1. The number of hydrogen-bond donors (Lipinski definition) is 1. The van der Waals surface area contributed by atoms with E-state index in [1.54, 1.807) is 66.7 Å². The Morgan fingerprint density at radius 3 is 1.66 bits per heavy atom. The summed E-state index contributed by atoms with van der Waals surface area (Å²) in [7, 11) is 0.